The maximum absolute atomic E-state index is 12.6. The molecule has 0 saturated heterocycles. The standard InChI is InChI=1S/C16H20ClN3O2/c1-5-20-14(12(17)10-18-20)15(21)19-16(2,3)11-8-6-7-9-13(11)22-4/h6-10H,5H2,1-4H3,(H,19,21). The molecule has 22 heavy (non-hydrogen) atoms. The topological polar surface area (TPSA) is 56.2 Å². The number of para-hydroxylation sites is 1. The van der Waals surface area contributed by atoms with E-state index >= 15 is 0 Å². The van der Waals surface area contributed by atoms with E-state index in [-0.39, 0.29) is 5.91 Å². The zero-order valence-corrected chi connectivity index (χ0v) is 13.9. The highest BCUT2D eigenvalue weighted by atomic mass is 35.5. The number of carbonyl (C=O) groups is 1. The molecule has 118 valence electrons. The van der Waals surface area contributed by atoms with E-state index in [9.17, 15) is 4.79 Å². The predicted octanol–water partition coefficient (Wildman–Crippen LogP) is 3.23. The molecule has 0 bridgehead atoms. The molecular formula is C16H20ClN3O2. The highest BCUT2D eigenvalue weighted by Gasteiger charge is 2.28. The van der Waals surface area contributed by atoms with Crippen LogP contribution in [-0.2, 0) is 12.1 Å². The summed E-state index contributed by atoms with van der Waals surface area (Å²) in [6, 6.07) is 7.60. The normalized spacial score (nSPS) is 11.3. The zero-order valence-electron chi connectivity index (χ0n) is 13.2. The number of ether oxygens (including phenoxy) is 1. The molecule has 1 amide bonds. The number of rotatable bonds is 5. The molecule has 1 N–H and O–H groups in total. The zero-order chi connectivity index (χ0) is 16.3. The molecule has 2 rings (SSSR count). The van der Waals surface area contributed by atoms with Crippen LogP contribution in [0.15, 0.2) is 30.5 Å². The number of halogens is 1. The molecule has 0 saturated carbocycles. The van der Waals surface area contributed by atoms with Crippen LogP contribution in [0.4, 0.5) is 0 Å². The lowest BCUT2D eigenvalue weighted by Crippen LogP contribution is -2.42. The van der Waals surface area contributed by atoms with Gasteiger partial charge in [0.05, 0.1) is 23.9 Å². The van der Waals surface area contributed by atoms with Gasteiger partial charge in [-0.3, -0.25) is 9.48 Å². The Labute approximate surface area is 135 Å². The van der Waals surface area contributed by atoms with Crippen molar-refractivity contribution >= 4 is 17.5 Å². The van der Waals surface area contributed by atoms with E-state index in [4.69, 9.17) is 16.3 Å². The molecule has 0 fully saturated rings. The van der Waals surface area contributed by atoms with E-state index in [2.05, 4.69) is 10.4 Å². The lowest BCUT2D eigenvalue weighted by molar-refractivity contribution is 0.0900. The van der Waals surface area contributed by atoms with Crippen LogP contribution in [0.3, 0.4) is 0 Å². The van der Waals surface area contributed by atoms with Crippen LogP contribution < -0.4 is 10.1 Å². The second-order valence-corrected chi connectivity index (χ2v) is 5.84. The van der Waals surface area contributed by atoms with Crippen LogP contribution in [0.1, 0.15) is 36.8 Å². The third-order valence-corrected chi connectivity index (χ3v) is 3.79. The van der Waals surface area contributed by atoms with Crippen LogP contribution >= 0.6 is 11.6 Å². The van der Waals surface area contributed by atoms with Gasteiger partial charge in [0.1, 0.15) is 11.4 Å². The summed E-state index contributed by atoms with van der Waals surface area (Å²) in [7, 11) is 1.61. The largest absolute Gasteiger partial charge is 0.496 e. The Balaban J connectivity index is 2.32. The Morgan fingerprint density at radius 1 is 1.41 bits per heavy atom. The van der Waals surface area contributed by atoms with Crippen molar-refractivity contribution < 1.29 is 9.53 Å². The quantitative estimate of drug-likeness (QED) is 0.919. The van der Waals surface area contributed by atoms with Crippen molar-refractivity contribution in [2.45, 2.75) is 32.9 Å². The summed E-state index contributed by atoms with van der Waals surface area (Å²) in [5, 5.41) is 7.43. The van der Waals surface area contributed by atoms with Gasteiger partial charge in [0, 0.05) is 12.1 Å². The second kappa shape index (κ2) is 6.40. The number of amides is 1. The molecule has 1 heterocycles. The van der Waals surface area contributed by atoms with Crippen molar-refractivity contribution in [1.82, 2.24) is 15.1 Å². The van der Waals surface area contributed by atoms with Gasteiger partial charge in [0.15, 0.2) is 0 Å². The van der Waals surface area contributed by atoms with Crippen molar-refractivity contribution in [2.24, 2.45) is 0 Å². The summed E-state index contributed by atoms with van der Waals surface area (Å²) in [5.74, 6) is 0.461. The van der Waals surface area contributed by atoms with Crippen LogP contribution in [-0.4, -0.2) is 22.8 Å². The van der Waals surface area contributed by atoms with Gasteiger partial charge in [-0.2, -0.15) is 5.10 Å². The third kappa shape index (κ3) is 3.09. The summed E-state index contributed by atoms with van der Waals surface area (Å²) < 4.78 is 6.96. The van der Waals surface area contributed by atoms with Crippen LogP contribution in [0.2, 0.25) is 5.02 Å². The van der Waals surface area contributed by atoms with Crippen LogP contribution in [0.25, 0.3) is 0 Å². The first-order chi connectivity index (χ1) is 10.4. The lowest BCUT2D eigenvalue weighted by Gasteiger charge is -2.28. The monoisotopic (exact) mass is 321 g/mol. The van der Waals surface area contributed by atoms with E-state index in [1.807, 2.05) is 45.0 Å². The van der Waals surface area contributed by atoms with Gasteiger partial charge < -0.3 is 10.1 Å². The van der Waals surface area contributed by atoms with Gasteiger partial charge in [-0.25, -0.2) is 0 Å². The molecule has 0 aliphatic carbocycles. The molecule has 5 nitrogen and oxygen atoms in total. The molecule has 0 aliphatic rings. The number of hydrogen-bond acceptors (Lipinski definition) is 3. The summed E-state index contributed by atoms with van der Waals surface area (Å²) in [6.45, 7) is 6.32. The summed E-state index contributed by atoms with van der Waals surface area (Å²) in [6.07, 6.45) is 1.48. The first kappa shape index (κ1) is 16.4. The number of methoxy groups -OCH3 is 1. The van der Waals surface area contributed by atoms with Gasteiger partial charge in [0.25, 0.3) is 5.91 Å². The molecule has 1 aromatic heterocycles. The Morgan fingerprint density at radius 2 is 2.09 bits per heavy atom. The van der Waals surface area contributed by atoms with Gasteiger partial charge in [-0.15, -0.1) is 0 Å². The van der Waals surface area contributed by atoms with E-state index in [0.29, 0.717) is 17.3 Å². The lowest BCUT2D eigenvalue weighted by atomic mass is 9.93. The number of hydrogen-bond donors (Lipinski definition) is 1. The number of aryl methyl sites for hydroxylation is 1. The highest BCUT2D eigenvalue weighted by Crippen LogP contribution is 2.30. The van der Waals surface area contributed by atoms with Crippen molar-refractivity contribution in [2.75, 3.05) is 7.11 Å². The van der Waals surface area contributed by atoms with Crippen molar-refractivity contribution in [3.8, 4) is 5.75 Å². The van der Waals surface area contributed by atoms with E-state index < -0.39 is 5.54 Å². The van der Waals surface area contributed by atoms with Gasteiger partial charge in [0.2, 0.25) is 0 Å². The maximum atomic E-state index is 12.6. The smallest absolute Gasteiger partial charge is 0.271 e. The van der Waals surface area contributed by atoms with Crippen LogP contribution in [0, 0.1) is 0 Å². The molecule has 6 heteroatoms. The highest BCUT2D eigenvalue weighted by molar-refractivity contribution is 6.33. The fourth-order valence-electron chi connectivity index (χ4n) is 2.40. The minimum absolute atomic E-state index is 0.264. The fourth-order valence-corrected chi connectivity index (χ4v) is 2.63. The number of benzene rings is 1. The minimum Gasteiger partial charge on any atom is -0.496 e. The third-order valence-electron chi connectivity index (χ3n) is 3.52. The fraction of sp³-hybridized carbons (Fsp3) is 0.375. The number of nitrogens with one attached hydrogen (secondary N) is 1. The summed E-state index contributed by atoms with van der Waals surface area (Å²) in [4.78, 5) is 12.6. The van der Waals surface area contributed by atoms with Crippen molar-refractivity contribution in [3.05, 3.63) is 46.7 Å². The Morgan fingerprint density at radius 3 is 2.73 bits per heavy atom. The van der Waals surface area contributed by atoms with E-state index in [1.165, 1.54) is 6.20 Å². The first-order valence-corrected chi connectivity index (χ1v) is 7.45. The molecule has 0 radical (unpaired) electrons. The molecule has 0 aliphatic heterocycles. The number of carbonyl (C=O) groups excluding carboxylic acids is 1. The van der Waals surface area contributed by atoms with E-state index in [0.717, 1.165) is 11.3 Å². The summed E-state index contributed by atoms with van der Waals surface area (Å²) >= 11 is 6.08. The predicted molar refractivity (Wildman–Crippen MR) is 86.4 cm³/mol. The maximum Gasteiger partial charge on any atom is 0.271 e. The van der Waals surface area contributed by atoms with Crippen molar-refractivity contribution in [1.29, 1.82) is 0 Å². The number of aromatic nitrogens is 2. The van der Waals surface area contributed by atoms with Gasteiger partial charge in [-0.1, -0.05) is 29.8 Å². The minimum atomic E-state index is -0.615. The molecule has 0 spiro atoms. The van der Waals surface area contributed by atoms with Crippen molar-refractivity contribution in [3.63, 3.8) is 0 Å². The molecule has 0 atom stereocenters. The second-order valence-electron chi connectivity index (χ2n) is 5.44. The Kier molecular flexibility index (Phi) is 4.76. The van der Waals surface area contributed by atoms with E-state index in [1.54, 1.807) is 11.8 Å². The van der Waals surface area contributed by atoms with Gasteiger partial charge in [-0.05, 0) is 26.8 Å². The Hall–Kier alpha value is -2.01. The average Bonchev–Trinajstić information content (AvgIpc) is 2.87. The first-order valence-electron chi connectivity index (χ1n) is 7.08. The molecule has 1 aromatic carbocycles. The molecular weight excluding hydrogens is 302 g/mol. The summed E-state index contributed by atoms with van der Waals surface area (Å²) in [5.41, 5.74) is 0.646. The van der Waals surface area contributed by atoms with Crippen LogP contribution in [0.5, 0.6) is 5.75 Å². The number of nitrogens with zero attached hydrogens (tertiary/aromatic N) is 2. The SMILES string of the molecule is CCn1ncc(Cl)c1C(=O)NC(C)(C)c1ccccc1OC. The Bertz CT molecular complexity index is 680. The molecule has 0 unspecified atom stereocenters. The van der Waals surface area contributed by atoms with Gasteiger partial charge >= 0.3 is 0 Å². The molecule has 2 aromatic rings. The average molecular weight is 322 g/mol.